The number of hydrogen-bond acceptors (Lipinski definition) is 5. The third-order valence-electron chi connectivity index (χ3n) is 2.82. The maximum atomic E-state index is 12.8. The van der Waals surface area contributed by atoms with Gasteiger partial charge in [0.25, 0.3) is 0 Å². The summed E-state index contributed by atoms with van der Waals surface area (Å²) in [5.74, 6) is -1.37. The summed E-state index contributed by atoms with van der Waals surface area (Å²) in [4.78, 5) is 24.7. The molecule has 0 saturated heterocycles. The van der Waals surface area contributed by atoms with Gasteiger partial charge in [-0.25, -0.2) is 0 Å². The van der Waals surface area contributed by atoms with Gasteiger partial charge in [0.2, 0.25) is 12.2 Å². The molecule has 2 aromatic rings. The first-order valence-electron chi connectivity index (χ1n) is 6.18. The van der Waals surface area contributed by atoms with E-state index in [1.807, 2.05) is 0 Å². The molecule has 0 aliphatic carbocycles. The van der Waals surface area contributed by atoms with E-state index in [0.29, 0.717) is 0 Å². The van der Waals surface area contributed by atoms with Gasteiger partial charge in [-0.1, -0.05) is 11.1 Å². The Morgan fingerprint density at radius 2 is 2.13 bits per heavy atom. The van der Waals surface area contributed by atoms with E-state index >= 15 is 0 Å². The zero-order valence-corrected chi connectivity index (χ0v) is 11.7. The van der Waals surface area contributed by atoms with Crippen molar-refractivity contribution in [3.05, 3.63) is 45.8 Å². The first kappa shape index (κ1) is 16.4. The van der Waals surface area contributed by atoms with Crippen LogP contribution in [-0.2, 0) is 17.5 Å². The minimum atomic E-state index is -4.53. The van der Waals surface area contributed by atoms with Gasteiger partial charge < -0.3 is 15.4 Å². The van der Waals surface area contributed by atoms with Gasteiger partial charge in [0, 0.05) is 10.8 Å². The fraction of sp³-hybridized carbons (Fsp3) is 0.250. The van der Waals surface area contributed by atoms with Crippen molar-refractivity contribution in [2.75, 3.05) is 5.32 Å². The fourth-order valence-corrected chi connectivity index (χ4v) is 1.80. The van der Waals surface area contributed by atoms with Crippen LogP contribution >= 0.6 is 0 Å². The molecule has 1 amide bonds. The molecule has 0 bridgehead atoms. The zero-order chi connectivity index (χ0) is 17.2. The Bertz CT molecular complexity index is 757. The lowest BCUT2D eigenvalue weighted by molar-refractivity contribution is -0.394. The van der Waals surface area contributed by atoms with Crippen LogP contribution in [0.2, 0.25) is 0 Å². The van der Waals surface area contributed by atoms with Gasteiger partial charge in [0.05, 0.1) is 5.56 Å². The van der Waals surface area contributed by atoms with Crippen molar-refractivity contribution in [1.29, 1.82) is 0 Å². The van der Waals surface area contributed by atoms with Crippen molar-refractivity contribution in [2.45, 2.75) is 19.6 Å². The monoisotopic (exact) mass is 329 g/mol. The van der Waals surface area contributed by atoms with Crippen LogP contribution in [0.25, 0.3) is 0 Å². The number of carbonyl (C=O) groups is 1. The topological polar surface area (TPSA) is 103 Å². The Morgan fingerprint density at radius 3 is 2.70 bits per heavy atom. The molecule has 0 unspecified atom stereocenters. The number of halogens is 3. The van der Waals surface area contributed by atoms with Gasteiger partial charge in [0.15, 0.2) is 0 Å². The number of rotatable bonds is 4. The first-order valence-corrected chi connectivity index (χ1v) is 6.18. The average molecular weight is 329 g/mol. The quantitative estimate of drug-likeness (QED) is 0.684. The molecule has 0 fully saturated rings. The second-order valence-electron chi connectivity index (χ2n) is 4.57. The number of aryl methyl sites for hydroxylation is 1. The molecule has 2 rings (SSSR count). The van der Waals surface area contributed by atoms with Crippen LogP contribution < -0.4 is 5.32 Å². The Morgan fingerprint density at radius 1 is 1.43 bits per heavy atom. The summed E-state index contributed by atoms with van der Waals surface area (Å²) < 4.78 is 39.3. The van der Waals surface area contributed by atoms with E-state index in [1.165, 1.54) is 19.1 Å². The van der Waals surface area contributed by atoms with Crippen LogP contribution in [0.3, 0.4) is 0 Å². The number of hydrogen-bond donors (Lipinski definition) is 1. The van der Waals surface area contributed by atoms with Crippen LogP contribution in [0.1, 0.15) is 11.1 Å². The third-order valence-corrected chi connectivity index (χ3v) is 2.82. The molecule has 0 aliphatic heterocycles. The number of anilines is 1. The van der Waals surface area contributed by atoms with E-state index in [-0.39, 0.29) is 11.3 Å². The molecule has 1 N–H and O–H groups in total. The smallest absolute Gasteiger partial charge is 0.390 e. The Hall–Kier alpha value is -2.98. The summed E-state index contributed by atoms with van der Waals surface area (Å²) in [6.07, 6.45) is -3.55. The van der Waals surface area contributed by atoms with Crippen molar-refractivity contribution in [1.82, 2.24) is 14.8 Å². The van der Waals surface area contributed by atoms with Crippen molar-refractivity contribution < 1.29 is 22.9 Å². The van der Waals surface area contributed by atoms with Crippen LogP contribution in [0.5, 0.6) is 0 Å². The number of nitrogens with zero attached hydrogens (tertiary/aromatic N) is 4. The van der Waals surface area contributed by atoms with Crippen molar-refractivity contribution in [3.63, 3.8) is 0 Å². The highest BCUT2D eigenvalue weighted by molar-refractivity contribution is 5.90. The lowest BCUT2D eigenvalue weighted by Gasteiger charge is -2.12. The summed E-state index contributed by atoms with van der Waals surface area (Å²) in [6, 6.07) is 3.38. The van der Waals surface area contributed by atoms with E-state index in [1.54, 1.807) is 0 Å². The second-order valence-corrected chi connectivity index (χ2v) is 4.57. The molecule has 11 heteroatoms. The normalized spacial score (nSPS) is 11.3. The van der Waals surface area contributed by atoms with Crippen molar-refractivity contribution in [2.24, 2.45) is 0 Å². The summed E-state index contributed by atoms with van der Waals surface area (Å²) in [6.45, 7) is 0.888. The Kier molecular flexibility index (Phi) is 4.29. The molecule has 0 saturated carbocycles. The number of nitrogens with one attached hydrogen (secondary N) is 1. The fourth-order valence-electron chi connectivity index (χ4n) is 1.80. The molecular weight excluding hydrogens is 319 g/mol. The number of nitro groups is 1. The zero-order valence-electron chi connectivity index (χ0n) is 11.7. The summed E-state index contributed by atoms with van der Waals surface area (Å²) >= 11 is 0. The molecule has 8 nitrogen and oxygen atoms in total. The molecule has 0 atom stereocenters. The number of carbonyl (C=O) groups excluding carboxylic acids is 1. The van der Waals surface area contributed by atoms with Gasteiger partial charge >= 0.3 is 12.1 Å². The largest absolute Gasteiger partial charge is 0.490 e. The number of alkyl halides is 3. The molecule has 23 heavy (non-hydrogen) atoms. The van der Waals surface area contributed by atoms with E-state index < -0.39 is 35.1 Å². The van der Waals surface area contributed by atoms with E-state index in [9.17, 15) is 28.1 Å². The van der Waals surface area contributed by atoms with Gasteiger partial charge in [0.1, 0.15) is 6.54 Å². The molecule has 1 heterocycles. The van der Waals surface area contributed by atoms with Gasteiger partial charge in [-0.3, -0.25) is 4.79 Å². The highest BCUT2D eigenvalue weighted by atomic mass is 19.4. The molecule has 1 aromatic heterocycles. The van der Waals surface area contributed by atoms with E-state index in [0.717, 1.165) is 17.1 Å². The van der Waals surface area contributed by atoms with Gasteiger partial charge in [-0.05, 0) is 29.5 Å². The molecule has 1 aromatic carbocycles. The first-order chi connectivity index (χ1) is 10.7. The SMILES string of the molecule is Cc1ccc(NC(=O)Cn2cnc([N+](=O)[O-])n2)cc1C(F)(F)F. The molecular formula is C12H10F3N5O3. The van der Waals surface area contributed by atoms with Crippen molar-refractivity contribution in [3.8, 4) is 0 Å². The Balaban J connectivity index is 2.09. The van der Waals surface area contributed by atoms with Crippen LogP contribution in [-0.4, -0.2) is 25.6 Å². The number of aromatic nitrogens is 3. The van der Waals surface area contributed by atoms with Crippen molar-refractivity contribution >= 4 is 17.5 Å². The Labute approximate surface area is 127 Å². The molecule has 122 valence electrons. The summed E-state index contributed by atoms with van der Waals surface area (Å²) in [7, 11) is 0. The minimum absolute atomic E-state index is 0.0300. The second kappa shape index (κ2) is 6.02. The molecule has 0 spiro atoms. The third kappa shape index (κ3) is 4.02. The standard InChI is InChI=1S/C12H10F3N5O3/c1-7-2-3-8(4-9(7)12(13,14)15)17-10(21)5-19-6-16-11(18-19)20(22)23/h2-4,6H,5H2,1H3,(H,17,21). The highest BCUT2D eigenvalue weighted by Crippen LogP contribution is 2.33. The lowest BCUT2D eigenvalue weighted by Crippen LogP contribution is -2.19. The molecule has 0 aliphatic rings. The maximum absolute atomic E-state index is 12.8. The lowest BCUT2D eigenvalue weighted by atomic mass is 10.1. The van der Waals surface area contributed by atoms with E-state index in [2.05, 4.69) is 15.4 Å². The van der Waals surface area contributed by atoms with Crippen LogP contribution in [0.15, 0.2) is 24.5 Å². The van der Waals surface area contributed by atoms with Crippen LogP contribution in [0.4, 0.5) is 24.8 Å². The number of benzene rings is 1. The average Bonchev–Trinajstić information content (AvgIpc) is 2.88. The van der Waals surface area contributed by atoms with E-state index in [4.69, 9.17) is 0 Å². The predicted octanol–water partition coefficient (Wildman–Crippen LogP) is 2.15. The summed E-state index contributed by atoms with van der Waals surface area (Å²) in [5.41, 5.74) is -0.864. The minimum Gasteiger partial charge on any atom is -0.390 e. The number of amides is 1. The predicted molar refractivity (Wildman–Crippen MR) is 71.5 cm³/mol. The maximum Gasteiger partial charge on any atom is 0.490 e. The molecule has 0 radical (unpaired) electrons. The highest BCUT2D eigenvalue weighted by Gasteiger charge is 2.32. The van der Waals surface area contributed by atoms with Gasteiger partial charge in [-0.2, -0.15) is 17.9 Å². The van der Waals surface area contributed by atoms with Crippen LogP contribution in [0, 0.1) is 17.0 Å². The summed E-state index contributed by atoms with van der Waals surface area (Å²) in [5, 5.41) is 16.1. The van der Waals surface area contributed by atoms with Gasteiger partial charge in [-0.15, -0.1) is 0 Å².